The normalized spacial score (nSPS) is 20.1. The van der Waals surface area contributed by atoms with Gasteiger partial charge in [0, 0.05) is 20.6 Å². The number of carbonyl (C=O) groups excluding carboxylic acids is 1. The van der Waals surface area contributed by atoms with Crippen LogP contribution in [-0.2, 0) is 9.53 Å². The minimum atomic E-state index is -0.306. The minimum Gasteiger partial charge on any atom is -0.477 e. The van der Waals surface area contributed by atoms with E-state index >= 15 is 0 Å². The van der Waals surface area contributed by atoms with E-state index in [0.717, 1.165) is 6.54 Å². The zero-order chi connectivity index (χ0) is 14.6. The SMILES string of the molecule is CCN1/C(=C/C=C(\C#N)C(=O)N(C)C)OCC1(C)C. The zero-order valence-electron chi connectivity index (χ0n) is 12.2. The number of likely N-dealkylation sites (N-methyl/N-ethyl adjacent to an activating group) is 2. The van der Waals surface area contributed by atoms with Crippen molar-refractivity contribution in [1.82, 2.24) is 9.80 Å². The van der Waals surface area contributed by atoms with Gasteiger partial charge < -0.3 is 14.5 Å². The van der Waals surface area contributed by atoms with Crippen molar-refractivity contribution in [2.24, 2.45) is 0 Å². The predicted molar refractivity (Wildman–Crippen MR) is 72.9 cm³/mol. The molecule has 1 aliphatic heterocycles. The molecule has 1 amide bonds. The molecule has 0 saturated carbocycles. The number of hydrogen-bond donors (Lipinski definition) is 0. The van der Waals surface area contributed by atoms with E-state index in [1.165, 1.54) is 11.0 Å². The summed E-state index contributed by atoms with van der Waals surface area (Å²) in [5, 5.41) is 9.00. The van der Waals surface area contributed by atoms with Gasteiger partial charge in [0.25, 0.3) is 5.91 Å². The van der Waals surface area contributed by atoms with E-state index in [0.29, 0.717) is 12.5 Å². The van der Waals surface area contributed by atoms with Crippen molar-refractivity contribution in [2.45, 2.75) is 26.3 Å². The van der Waals surface area contributed by atoms with Crippen LogP contribution in [0.3, 0.4) is 0 Å². The van der Waals surface area contributed by atoms with Crippen molar-refractivity contribution in [3.05, 3.63) is 23.6 Å². The maximum atomic E-state index is 11.7. The summed E-state index contributed by atoms with van der Waals surface area (Å²) in [7, 11) is 3.24. The highest BCUT2D eigenvalue weighted by atomic mass is 16.5. The fourth-order valence-corrected chi connectivity index (χ4v) is 1.98. The van der Waals surface area contributed by atoms with Crippen molar-refractivity contribution in [3.8, 4) is 6.07 Å². The van der Waals surface area contributed by atoms with E-state index in [-0.39, 0.29) is 17.0 Å². The monoisotopic (exact) mass is 263 g/mol. The molecule has 5 heteroatoms. The fraction of sp³-hybridized carbons (Fsp3) is 0.571. The Morgan fingerprint density at radius 3 is 2.68 bits per heavy atom. The van der Waals surface area contributed by atoms with Crippen LogP contribution in [-0.4, -0.2) is 48.5 Å². The van der Waals surface area contributed by atoms with Gasteiger partial charge in [-0.1, -0.05) is 0 Å². The van der Waals surface area contributed by atoms with Crippen LogP contribution < -0.4 is 0 Å². The number of carbonyl (C=O) groups is 1. The van der Waals surface area contributed by atoms with Crippen molar-refractivity contribution < 1.29 is 9.53 Å². The Kier molecular flexibility index (Phi) is 4.60. The fourth-order valence-electron chi connectivity index (χ4n) is 1.98. The van der Waals surface area contributed by atoms with Gasteiger partial charge in [0.1, 0.15) is 18.2 Å². The summed E-state index contributed by atoms with van der Waals surface area (Å²) in [5.74, 6) is 0.395. The van der Waals surface area contributed by atoms with E-state index in [9.17, 15) is 4.79 Å². The Balaban J connectivity index is 2.97. The lowest BCUT2D eigenvalue weighted by atomic mass is 10.1. The molecular formula is C14H21N3O2. The number of nitriles is 1. The molecule has 0 aromatic carbocycles. The molecule has 0 bridgehead atoms. The molecule has 1 aliphatic rings. The van der Waals surface area contributed by atoms with E-state index in [4.69, 9.17) is 10.00 Å². The maximum absolute atomic E-state index is 11.7. The summed E-state index contributed by atoms with van der Waals surface area (Å²) in [6.45, 7) is 7.65. The van der Waals surface area contributed by atoms with Crippen LogP contribution in [0.25, 0.3) is 0 Å². The number of hydrogen-bond acceptors (Lipinski definition) is 4. The van der Waals surface area contributed by atoms with E-state index in [1.807, 2.05) is 13.0 Å². The van der Waals surface area contributed by atoms with Crippen molar-refractivity contribution >= 4 is 5.91 Å². The molecule has 1 saturated heterocycles. The molecule has 0 aromatic heterocycles. The Hall–Kier alpha value is -1.96. The molecule has 0 unspecified atom stereocenters. The lowest BCUT2D eigenvalue weighted by Gasteiger charge is -2.28. The molecule has 19 heavy (non-hydrogen) atoms. The molecule has 104 valence electrons. The lowest BCUT2D eigenvalue weighted by Crippen LogP contribution is -2.39. The first kappa shape index (κ1) is 15.1. The van der Waals surface area contributed by atoms with Gasteiger partial charge in [0.2, 0.25) is 0 Å². The van der Waals surface area contributed by atoms with Gasteiger partial charge in [-0.25, -0.2) is 0 Å². The molecule has 0 aliphatic carbocycles. The van der Waals surface area contributed by atoms with E-state index < -0.39 is 0 Å². The van der Waals surface area contributed by atoms with Gasteiger partial charge in [-0.3, -0.25) is 4.79 Å². The largest absolute Gasteiger partial charge is 0.477 e. The van der Waals surface area contributed by atoms with Crippen molar-refractivity contribution in [3.63, 3.8) is 0 Å². The standard InChI is InChI=1S/C14H21N3O2/c1-6-17-12(19-10-14(17,2)3)8-7-11(9-15)13(18)16(4)5/h7-8H,6,10H2,1-5H3/b11-7+,12-8-. The van der Waals surface area contributed by atoms with Crippen LogP contribution in [0.5, 0.6) is 0 Å². The summed E-state index contributed by atoms with van der Waals surface area (Å²) < 4.78 is 5.61. The summed E-state index contributed by atoms with van der Waals surface area (Å²) >= 11 is 0. The Bertz CT molecular complexity index is 456. The van der Waals surface area contributed by atoms with Gasteiger partial charge in [-0.15, -0.1) is 0 Å². The summed E-state index contributed by atoms with van der Waals surface area (Å²) in [4.78, 5) is 15.2. The minimum absolute atomic E-state index is 0.0627. The zero-order valence-corrected chi connectivity index (χ0v) is 12.2. The first-order valence-corrected chi connectivity index (χ1v) is 6.27. The van der Waals surface area contributed by atoms with Crippen LogP contribution in [0.2, 0.25) is 0 Å². The van der Waals surface area contributed by atoms with Gasteiger partial charge in [-0.05, 0) is 32.9 Å². The number of allylic oxidation sites excluding steroid dienone is 2. The van der Waals surface area contributed by atoms with Crippen LogP contribution in [0, 0.1) is 11.3 Å². The molecule has 0 radical (unpaired) electrons. The topological polar surface area (TPSA) is 56.6 Å². The summed E-state index contributed by atoms with van der Waals surface area (Å²) in [6, 6.07) is 1.91. The van der Waals surface area contributed by atoms with Crippen LogP contribution in [0.4, 0.5) is 0 Å². The van der Waals surface area contributed by atoms with Gasteiger partial charge in [0.15, 0.2) is 5.88 Å². The average molecular weight is 263 g/mol. The molecule has 1 rings (SSSR count). The van der Waals surface area contributed by atoms with Crippen molar-refractivity contribution in [1.29, 1.82) is 5.26 Å². The van der Waals surface area contributed by atoms with Crippen molar-refractivity contribution in [2.75, 3.05) is 27.2 Å². The van der Waals surface area contributed by atoms with E-state index in [2.05, 4.69) is 18.7 Å². The number of ether oxygens (including phenoxy) is 1. The highest BCUT2D eigenvalue weighted by Gasteiger charge is 2.35. The third-order valence-electron chi connectivity index (χ3n) is 3.04. The third kappa shape index (κ3) is 3.28. The van der Waals surface area contributed by atoms with Gasteiger partial charge in [-0.2, -0.15) is 5.26 Å². The predicted octanol–water partition coefficient (Wildman–Crippen LogP) is 1.50. The second-order valence-corrected chi connectivity index (χ2v) is 5.24. The highest BCUT2D eigenvalue weighted by molar-refractivity contribution is 5.97. The summed E-state index contributed by atoms with van der Waals surface area (Å²) in [6.07, 6.45) is 3.21. The molecule has 0 spiro atoms. The quantitative estimate of drug-likeness (QED) is 0.572. The first-order chi connectivity index (χ1) is 8.83. The molecule has 5 nitrogen and oxygen atoms in total. The van der Waals surface area contributed by atoms with Crippen LogP contribution >= 0.6 is 0 Å². The molecule has 1 heterocycles. The first-order valence-electron chi connectivity index (χ1n) is 6.27. The second-order valence-electron chi connectivity index (χ2n) is 5.24. The highest BCUT2D eigenvalue weighted by Crippen LogP contribution is 2.28. The molecule has 0 atom stereocenters. The van der Waals surface area contributed by atoms with E-state index in [1.54, 1.807) is 20.2 Å². The molecular weight excluding hydrogens is 242 g/mol. The lowest BCUT2D eigenvalue weighted by molar-refractivity contribution is -0.124. The maximum Gasteiger partial charge on any atom is 0.263 e. The number of amides is 1. The van der Waals surface area contributed by atoms with Gasteiger partial charge >= 0.3 is 0 Å². The molecule has 0 aromatic rings. The Labute approximate surface area is 114 Å². The van der Waals surface area contributed by atoms with Crippen LogP contribution in [0.1, 0.15) is 20.8 Å². The molecule has 1 fully saturated rings. The van der Waals surface area contributed by atoms with Crippen LogP contribution in [0.15, 0.2) is 23.6 Å². The third-order valence-corrected chi connectivity index (χ3v) is 3.04. The molecule has 0 N–H and O–H groups in total. The Morgan fingerprint density at radius 1 is 1.58 bits per heavy atom. The second kappa shape index (κ2) is 5.79. The Morgan fingerprint density at radius 2 is 2.21 bits per heavy atom. The summed E-state index contributed by atoms with van der Waals surface area (Å²) in [5.41, 5.74) is 0.0362. The average Bonchev–Trinajstić information content (AvgIpc) is 2.64. The van der Waals surface area contributed by atoms with Gasteiger partial charge in [0.05, 0.1) is 5.54 Å². The smallest absolute Gasteiger partial charge is 0.263 e. The number of nitrogens with zero attached hydrogens (tertiary/aromatic N) is 3. The number of rotatable bonds is 3.